The Kier molecular flexibility index (Phi) is 7.68. The zero-order chi connectivity index (χ0) is 25.2. The molecule has 0 aliphatic carbocycles. The number of aromatic nitrogens is 3. The van der Waals surface area contributed by atoms with Gasteiger partial charge in [0.2, 0.25) is 14.9 Å². The van der Waals surface area contributed by atoms with E-state index in [-0.39, 0.29) is 30.9 Å². The summed E-state index contributed by atoms with van der Waals surface area (Å²) in [5.41, 5.74) is -2.97. The number of hydrogen-bond donors (Lipinski definition) is 2. The van der Waals surface area contributed by atoms with E-state index in [0.29, 0.717) is 36.3 Å². The summed E-state index contributed by atoms with van der Waals surface area (Å²) in [7, 11) is -3.60. The third-order valence-electron chi connectivity index (χ3n) is 5.71. The number of fused-ring (bicyclic) bond motifs is 3. The van der Waals surface area contributed by atoms with Crippen molar-refractivity contribution in [2.75, 3.05) is 47.9 Å². The van der Waals surface area contributed by atoms with Crippen LogP contribution in [0, 0.1) is 0 Å². The molecule has 0 bridgehead atoms. The van der Waals surface area contributed by atoms with Crippen molar-refractivity contribution in [1.29, 1.82) is 0 Å². The normalized spacial score (nSPS) is 18.4. The highest BCUT2D eigenvalue weighted by Crippen LogP contribution is 2.34. The maximum atomic E-state index is 13.2. The molecule has 2 aliphatic heterocycles. The number of ether oxygens (including phenoxy) is 2. The molecule has 0 saturated carbocycles. The maximum Gasteiger partial charge on any atom is 0.423 e. The van der Waals surface area contributed by atoms with Crippen LogP contribution in [0.15, 0.2) is 23.3 Å². The van der Waals surface area contributed by atoms with Gasteiger partial charge in [-0.15, -0.1) is 0 Å². The van der Waals surface area contributed by atoms with Crippen LogP contribution in [0.1, 0.15) is 12.0 Å². The summed E-state index contributed by atoms with van der Waals surface area (Å²) >= 11 is 5.99. The Morgan fingerprint density at radius 3 is 2.97 bits per heavy atom. The van der Waals surface area contributed by atoms with E-state index in [2.05, 4.69) is 19.6 Å². The first kappa shape index (κ1) is 25.5. The zero-order valence-electron chi connectivity index (χ0n) is 18.8. The molecule has 2 aromatic heterocycles. The number of alkyl halides is 3. The molecule has 35 heavy (non-hydrogen) atoms. The van der Waals surface area contributed by atoms with Crippen LogP contribution >= 0.6 is 11.6 Å². The Morgan fingerprint density at radius 1 is 1.40 bits per heavy atom. The molecule has 190 valence electrons. The molecule has 0 spiro atoms. The third-order valence-corrected chi connectivity index (χ3v) is 10.3. The highest BCUT2D eigenvalue weighted by Gasteiger charge is 2.38. The second-order valence-electron chi connectivity index (χ2n) is 8.33. The minimum atomic E-state index is -4.80. The van der Waals surface area contributed by atoms with E-state index in [1.54, 1.807) is 23.9 Å². The fourth-order valence-corrected chi connectivity index (χ4v) is 8.37. The van der Waals surface area contributed by atoms with Gasteiger partial charge in [-0.2, -0.15) is 18.3 Å². The largest absolute Gasteiger partial charge is 0.491 e. The van der Waals surface area contributed by atoms with Gasteiger partial charge in [-0.1, -0.05) is 18.1 Å². The lowest BCUT2D eigenvalue weighted by Crippen LogP contribution is -2.62. The van der Waals surface area contributed by atoms with E-state index < -0.39 is 35.2 Å². The van der Waals surface area contributed by atoms with Crippen LogP contribution < -0.4 is 19.8 Å². The number of nitrogens with zero attached hydrogens (tertiary/aromatic N) is 4. The molecule has 16 heteroatoms. The Balaban J connectivity index is 1.23. The van der Waals surface area contributed by atoms with E-state index in [4.69, 9.17) is 21.1 Å². The molecule has 1 amide bonds. The Labute approximate surface area is 206 Å². The first-order chi connectivity index (χ1) is 16.6. The topological polar surface area (TPSA) is 113 Å². The minimum Gasteiger partial charge on any atom is -0.491 e. The number of carbonyl (C=O) groups is 1. The number of nitrogens with one attached hydrogen (secondary N) is 2. The number of anilines is 2. The van der Waals surface area contributed by atoms with Gasteiger partial charge in [-0.25, -0.2) is 10.1 Å². The summed E-state index contributed by atoms with van der Waals surface area (Å²) in [6, 6.07) is 1.75. The summed E-state index contributed by atoms with van der Waals surface area (Å²) in [5.74, 6) is 1.41. The molecule has 2 atom stereocenters. The third kappa shape index (κ3) is 5.96. The fraction of sp³-hybridized carbons (Fsp3) is 0.474. The smallest absolute Gasteiger partial charge is 0.423 e. The van der Waals surface area contributed by atoms with E-state index in [1.165, 1.54) is 0 Å². The Bertz CT molecular complexity index is 1140. The number of carbonyl (C=O) groups excluding carboxylic acids is 1. The van der Waals surface area contributed by atoms with Gasteiger partial charge < -0.3 is 23.9 Å². The molecule has 0 unspecified atom stereocenters. The highest BCUT2D eigenvalue weighted by molar-refractivity contribution is 6.64. The van der Waals surface area contributed by atoms with Crippen LogP contribution in [-0.2, 0) is 15.7 Å². The van der Waals surface area contributed by atoms with Crippen molar-refractivity contribution >= 4 is 46.9 Å². The van der Waals surface area contributed by atoms with Crippen LogP contribution in [0.5, 0.6) is 5.75 Å². The van der Waals surface area contributed by atoms with Gasteiger partial charge in [-0.05, 0) is 0 Å². The van der Waals surface area contributed by atoms with Crippen LogP contribution in [-0.4, -0.2) is 82.2 Å². The Hall–Kier alpha value is -2.63. The molecule has 2 aromatic rings. The lowest BCUT2D eigenvalue weighted by atomic mass is 10.2. The van der Waals surface area contributed by atoms with Crippen molar-refractivity contribution in [1.82, 2.24) is 20.1 Å². The number of rotatable bonds is 7. The van der Waals surface area contributed by atoms with Crippen LogP contribution in [0.25, 0.3) is 0 Å². The highest BCUT2D eigenvalue weighted by atomic mass is 35.5. The van der Waals surface area contributed by atoms with Crippen molar-refractivity contribution in [2.24, 2.45) is 0 Å². The first-order valence-corrected chi connectivity index (χ1v) is 16.0. The molecular formula is C19H24ClF3N6O4Si2. The summed E-state index contributed by atoms with van der Waals surface area (Å²) in [5, 5.41) is 5.75. The van der Waals surface area contributed by atoms with Gasteiger partial charge in [0.05, 0.1) is 42.4 Å². The number of amides is 1. The maximum absolute atomic E-state index is 13.2. The predicted molar refractivity (Wildman–Crippen MR) is 128 cm³/mol. The van der Waals surface area contributed by atoms with E-state index >= 15 is 0 Å². The lowest BCUT2D eigenvalue weighted by Gasteiger charge is -2.44. The van der Waals surface area contributed by atoms with Gasteiger partial charge in [-0.3, -0.25) is 9.59 Å². The van der Waals surface area contributed by atoms with Crippen molar-refractivity contribution in [3.05, 3.63) is 39.4 Å². The second kappa shape index (κ2) is 10.6. The minimum absolute atomic E-state index is 0.0348. The number of aromatic amines is 1. The van der Waals surface area contributed by atoms with E-state index in [9.17, 15) is 22.8 Å². The van der Waals surface area contributed by atoms with Crippen molar-refractivity contribution in [3.63, 3.8) is 0 Å². The SMILES string of the molecule is C[Si@@H](COCCC(=O)N1CCN2c3ncc(Cl)cc3OC[Si@@H]2C1)Nc1cn[nH]c(=O)c1C(F)(F)F. The molecule has 10 nitrogen and oxygen atoms in total. The number of pyridine rings is 1. The monoisotopic (exact) mass is 548 g/mol. The van der Waals surface area contributed by atoms with Crippen molar-refractivity contribution in [3.8, 4) is 5.75 Å². The average Bonchev–Trinajstić information content (AvgIpc) is 2.80. The molecule has 1 fully saturated rings. The fourth-order valence-electron chi connectivity index (χ4n) is 4.10. The number of H-pyrrole nitrogens is 1. The van der Waals surface area contributed by atoms with Gasteiger partial charge >= 0.3 is 6.18 Å². The van der Waals surface area contributed by atoms with Crippen LogP contribution in [0.4, 0.5) is 24.7 Å². The lowest BCUT2D eigenvalue weighted by molar-refractivity contribution is -0.138. The average molecular weight is 549 g/mol. The summed E-state index contributed by atoms with van der Waals surface area (Å²) in [4.78, 5) is 33.2. The van der Waals surface area contributed by atoms with Gasteiger partial charge in [0.15, 0.2) is 20.5 Å². The quantitative estimate of drug-likeness (QED) is 0.391. The number of hydrogen-bond acceptors (Lipinski definition) is 8. The zero-order valence-corrected chi connectivity index (χ0v) is 21.8. The molecule has 0 aromatic carbocycles. The molecule has 4 heterocycles. The number of halogens is 4. The summed E-state index contributed by atoms with van der Waals surface area (Å²) in [6.45, 7) is 3.14. The van der Waals surface area contributed by atoms with Crippen molar-refractivity contribution < 1.29 is 27.4 Å². The standard InChI is InChI=1S/C19H24ClF3N6O4Si2/c1-34(27-13-8-25-26-18(31)16(13)19(21,22)23)10-32-5-2-15(30)28-3-4-29-17-14(6-12(20)7-24-17)33-11-35(29)9-28/h6-8,34-35H,2-5,9-11H2,1H3,(H2,26,27,31)/t34-,35-/m0/s1. The summed E-state index contributed by atoms with van der Waals surface area (Å²) in [6.07, 6.45) is -0.729. The molecular weight excluding hydrogens is 525 g/mol. The van der Waals surface area contributed by atoms with Crippen molar-refractivity contribution in [2.45, 2.75) is 19.1 Å². The first-order valence-electron chi connectivity index (χ1n) is 11.0. The van der Waals surface area contributed by atoms with Crippen LogP contribution in [0.3, 0.4) is 0 Å². The molecule has 2 aliphatic rings. The van der Waals surface area contributed by atoms with Gasteiger partial charge in [0.1, 0.15) is 5.56 Å². The second-order valence-corrected chi connectivity index (χ2v) is 13.8. The molecule has 0 radical (unpaired) electrons. The van der Waals surface area contributed by atoms with E-state index in [1.807, 2.05) is 4.90 Å². The molecule has 1 saturated heterocycles. The molecule has 2 N–H and O–H groups in total. The summed E-state index contributed by atoms with van der Waals surface area (Å²) < 4.78 is 53.1. The van der Waals surface area contributed by atoms with Gasteiger partial charge in [0.25, 0.3) is 5.56 Å². The van der Waals surface area contributed by atoms with E-state index in [0.717, 1.165) is 12.0 Å². The van der Waals surface area contributed by atoms with Gasteiger partial charge in [0, 0.05) is 31.5 Å². The Morgan fingerprint density at radius 2 is 2.20 bits per heavy atom. The predicted octanol–water partition coefficient (Wildman–Crippen LogP) is 1.09. The molecule has 4 rings (SSSR count). The van der Waals surface area contributed by atoms with Crippen LogP contribution in [0.2, 0.25) is 11.6 Å².